The van der Waals surface area contributed by atoms with E-state index in [4.69, 9.17) is 10.5 Å². The summed E-state index contributed by atoms with van der Waals surface area (Å²) in [6.45, 7) is 2.73. The Morgan fingerprint density at radius 2 is 1.88 bits per heavy atom. The van der Waals surface area contributed by atoms with Gasteiger partial charge >= 0.3 is 6.03 Å². The number of hydrogen-bond donors (Lipinski definition) is 3. The van der Waals surface area contributed by atoms with Crippen molar-refractivity contribution in [2.24, 2.45) is 5.73 Å². The van der Waals surface area contributed by atoms with Gasteiger partial charge < -0.3 is 21.1 Å². The molecule has 25 heavy (non-hydrogen) atoms. The van der Waals surface area contributed by atoms with Gasteiger partial charge in [0.1, 0.15) is 11.8 Å². The molecule has 6 nitrogen and oxygen atoms in total. The molecule has 0 radical (unpaired) electrons. The number of nitrogens with one attached hydrogen (secondary N) is 2. The quantitative estimate of drug-likeness (QED) is 0.777. The van der Waals surface area contributed by atoms with Crippen LogP contribution in [-0.2, 0) is 17.8 Å². The van der Waals surface area contributed by atoms with Crippen LogP contribution >= 0.6 is 0 Å². The van der Waals surface area contributed by atoms with E-state index >= 15 is 0 Å². The highest BCUT2D eigenvalue weighted by Gasteiger charge is 2.14. The molecule has 0 aliphatic carbocycles. The molecule has 2 aromatic carbocycles. The third kappa shape index (κ3) is 4.09. The van der Waals surface area contributed by atoms with E-state index in [2.05, 4.69) is 22.8 Å². The summed E-state index contributed by atoms with van der Waals surface area (Å²) in [6.07, 6.45) is 0.949. The van der Waals surface area contributed by atoms with Crippen LogP contribution in [0.4, 0.5) is 4.79 Å². The first-order chi connectivity index (χ1) is 12.0. The van der Waals surface area contributed by atoms with Crippen LogP contribution in [0.15, 0.2) is 42.5 Å². The molecule has 1 atom stereocenters. The molecule has 0 bridgehead atoms. The molecule has 0 fully saturated rings. The van der Waals surface area contributed by atoms with Gasteiger partial charge in [-0.05, 0) is 41.3 Å². The monoisotopic (exact) mass is 339 g/mol. The molecular formula is C19H21N3O3. The van der Waals surface area contributed by atoms with Crippen LogP contribution in [0.2, 0.25) is 0 Å². The number of fused-ring (bicyclic) bond motifs is 1. The molecule has 0 aromatic heterocycles. The number of benzene rings is 2. The van der Waals surface area contributed by atoms with E-state index in [-0.39, 0.29) is 5.91 Å². The summed E-state index contributed by atoms with van der Waals surface area (Å²) in [6, 6.07) is 12.9. The Hall–Kier alpha value is -3.02. The molecule has 0 saturated heterocycles. The summed E-state index contributed by atoms with van der Waals surface area (Å²) >= 11 is 0. The Kier molecular flexibility index (Phi) is 4.88. The number of rotatable bonds is 5. The van der Waals surface area contributed by atoms with Crippen LogP contribution < -0.4 is 21.1 Å². The van der Waals surface area contributed by atoms with E-state index < -0.39 is 12.1 Å². The number of ether oxygens (including phenoxy) is 1. The molecule has 4 N–H and O–H groups in total. The lowest BCUT2D eigenvalue weighted by atomic mass is 10.0. The van der Waals surface area contributed by atoms with Crippen LogP contribution in [-0.4, -0.2) is 24.6 Å². The normalized spacial score (nSPS) is 13.5. The maximum atomic E-state index is 11.9. The lowest BCUT2D eigenvalue weighted by molar-refractivity contribution is -0.122. The lowest BCUT2D eigenvalue weighted by Crippen LogP contribution is -2.46. The topological polar surface area (TPSA) is 93.5 Å². The number of amides is 3. The third-order valence-corrected chi connectivity index (χ3v) is 4.20. The average molecular weight is 339 g/mol. The van der Waals surface area contributed by atoms with E-state index in [1.165, 1.54) is 5.56 Å². The van der Waals surface area contributed by atoms with Crippen molar-refractivity contribution in [2.75, 3.05) is 6.61 Å². The van der Waals surface area contributed by atoms with E-state index in [1.54, 1.807) is 6.92 Å². The molecule has 6 heteroatoms. The minimum absolute atomic E-state index is 0.276. The second-order valence-corrected chi connectivity index (χ2v) is 6.07. The zero-order valence-corrected chi connectivity index (χ0v) is 14.0. The first kappa shape index (κ1) is 16.8. The number of carbonyl (C=O) groups excluding carboxylic acids is 2. The van der Waals surface area contributed by atoms with Gasteiger partial charge in [-0.3, -0.25) is 4.79 Å². The second kappa shape index (κ2) is 7.25. The van der Waals surface area contributed by atoms with Gasteiger partial charge in [0.2, 0.25) is 5.91 Å². The molecule has 3 amide bonds. The molecule has 0 saturated carbocycles. The maximum Gasteiger partial charge on any atom is 0.312 e. The number of nitrogens with two attached hydrogens (primary N) is 1. The van der Waals surface area contributed by atoms with Crippen molar-refractivity contribution in [3.8, 4) is 16.9 Å². The van der Waals surface area contributed by atoms with E-state index in [1.807, 2.05) is 30.3 Å². The molecule has 1 heterocycles. The Bertz CT molecular complexity index is 787. The molecule has 2 aromatic rings. The molecule has 0 spiro atoms. The summed E-state index contributed by atoms with van der Waals surface area (Å²) in [5.74, 6) is 0.697. The average Bonchev–Trinajstić information content (AvgIpc) is 3.07. The van der Waals surface area contributed by atoms with Crippen molar-refractivity contribution in [3.63, 3.8) is 0 Å². The lowest BCUT2D eigenvalue weighted by Gasteiger charge is -2.12. The molecule has 0 unspecified atom stereocenters. The fourth-order valence-electron chi connectivity index (χ4n) is 2.80. The number of primary amides is 1. The smallest absolute Gasteiger partial charge is 0.312 e. The second-order valence-electron chi connectivity index (χ2n) is 6.07. The first-order valence-electron chi connectivity index (χ1n) is 8.21. The predicted octanol–water partition coefficient (Wildman–Crippen LogP) is 1.96. The minimum Gasteiger partial charge on any atom is -0.493 e. The van der Waals surface area contributed by atoms with Gasteiger partial charge in [-0.25, -0.2) is 4.79 Å². The highest BCUT2D eigenvalue weighted by molar-refractivity contribution is 5.86. The van der Waals surface area contributed by atoms with E-state index in [9.17, 15) is 9.59 Å². The largest absolute Gasteiger partial charge is 0.493 e. The highest BCUT2D eigenvalue weighted by atomic mass is 16.5. The van der Waals surface area contributed by atoms with Crippen molar-refractivity contribution in [1.82, 2.24) is 10.6 Å². The first-order valence-corrected chi connectivity index (χ1v) is 8.21. The highest BCUT2D eigenvalue weighted by Crippen LogP contribution is 2.30. The van der Waals surface area contributed by atoms with Gasteiger partial charge in [0, 0.05) is 13.0 Å². The van der Waals surface area contributed by atoms with Gasteiger partial charge in [0.25, 0.3) is 0 Å². The van der Waals surface area contributed by atoms with Crippen LogP contribution in [0.5, 0.6) is 5.75 Å². The summed E-state index contributed by atoms with van der Waals surface area (Å²) in [7, 11) is 0. The van der Waals surface area contributed by atoms with Gasteiger partial charge in [-0.2, -0.15) is 0 Å². The van der Waals surface area contributed by atoms with E-state index in [0.717, 1.165) is 35.5 Å². The molecule has 1 aliphatic heterocycles. The summed E-state index contributed by atoms with van der Waals surface area (Å²) in [4.78, 5) is 22.6. The molecule has 3 rings (SSSR count). The summed E-state index contributed by atoms with van der Waals surface area (Å²) in [5, 5.41) is 5.12. The third-order valence-electron chi connectivity index (χ3n) is 4.20. The van der Waals surface area contributed by atoms with Gasteiger partial charge in [0.15, 0.2) is 0 Å². The fraction of sp³-hybridized carbons (Fsp3) is 0.263. The van der Waals surface area contributed by atoms with Crippen molar-refractivity contribution < 1.29 is 14.3 Å². The zero-order valence-electron chi connectivity index (χ0n) is 14.0. The SMILES string of the molecule is C[C@H](NC(N)=O)C(=O)NCc1ccc(-c2ccc3c(c2)CCO3)cc1. The Morgan fingerprint density at radius 1 is 1.16 bits per heavy atom. The van der Waals surface area contributed by atoms with Gasteiger partial charge in [-0.15, -0.1) is 0 Å². The van der Waals surface area contributed by atoms with Crippen molar-refractivity contribution in [3.05, 3.63) is 53.6 Å². The van der Waals surface area contributed by atoms with Crippen molar-refractivity contribution in [2.45, 2.75) is 25.9 Å². The van der Waals surface area contributed by atoms with Crippen LogP contribution in [0.1, 0.15) is 18.1 Å². The fourth-order valence-corrected chi connectivity index (χ4v) is 2.80. The Balaban J connectivity index is 1.61. The standard InChI is InChI=1S/C19H21N3O3/c1-12(22-19(20)24)18(23)21-11-13-2-4-14(5-3-13)15-6-7-17-16(10-15)8-9-25-17/h2-7,10,12H,8-9,11H2,1H3,(H,21,23)(H3,20,22,24)/t12-/m0/s1. The number of urea groups is 1. The van der Waals surface area contributed by atoms with Gasteiger partial charge in [0.05, 0.1) is 6.61 Å². The summed E-state index contributed by atoms with van der Waals surface area (Å²) in [5.41, 5.74) is 9.50. The van der Waals surface area contributed by atoms with Crippen molar-refractivity contribution >= 4 is 11.9 Å². The van der Waals surface area contributed by atoms with Gasteiger partial charge in [-0.1, -0.05) is 30.3 Å². The minimum atomic E-state index is -0.716. The van der Waals surface area contributed by atoms with Crippen molar-refractivity contribution in [1.29, 1.82) is 0 Å². The maximum absolute atomic E-state index is 11.9. The molecule has 130 valence electrons. The summed E-state index contributed by atoms with van der Waals surface area (Å²) < 4.78 is 5.53. The number of carbonyl (C=O) groups is 2. The van der Waals surface area contributed by atoms with Crippen LogP contribution in [0, 0.1) is 0 Å². The zero-order chi connectivity index (χ0) is 17.8. The predicted molar refractivity (Wildman–Crippen MR) is 95.1 cm³/mol. The van der Waals surface area contributed by atoms with Crippen LogP contribution in [0.3, 0.4) is 0 Å². The Morgan fingerprint density at radius 3 is 2.60 bits per heavy atom. The number of hydrogen-bond acceptors (Lipinski definition) is 3. The van der Waals surface area contributed by atoms with E-state index in [0.29, 0.717) is 6.54 Å². The van der Waals surface area contributed by atoms with Crippen LogP contribution in [0.25, 0.3) is 11.1 Å². The Labute approximate surface area is 146 Å². The molecule has 1 aliphatic rings. The molecular weight excluding hydrogens is 318 g/mol.